The van der Waals surface area contributed by atoms with Crippen LogP contribution in [-0.2, 0) is 4.43 Å². The molecule has 11 heavy (non-hydrogen) atoms. The summed E-state index contributed by atoms with van der Waals surface area (Å²) >= 11 is 0. The first-order valence-electron chi connectivity index (χ1n) is 4.40. The van der Waals surface area contributed by atoms with Crippen molar-refractivity contribution in [3.05, 3.63) is 0 Å². The lowest BCUT2D eigenvalue weighted by Crippen LogP contribution is -2.21. The Kier molecular flexibility index (Phi) is 5.82. The summed E-state index contributed by atoms with van der Waals surface area (Å²) in [5.41, 5.74) is 5.45. The Morgan fingerprint density at radius 3 is 2.36 bits per heavy atom. The first-order valence-corrected chi connectivity index (χ1v) is 5.98. The van der Waals surface area contributed by atoms with Gasteiger partial charge in [-0.3, -0.25) is 0 Å². The molecule has 0 unspecified atom stereocenters. The molecule has 0 rings (SSSR count). The second-order valence-corrected chi connectivity index (χ2v) is 5.21. The van der Waals surface area contributed by atoms with Gasteiger partial charge in [0.1, 0.15) is 0 Å². The molecule has 0 spiro atoms. The minimum Gasteiger partial charge on any atom is -0.419 e. The van der Waals surface area contributed by atoms with Crippen LogP contribution >= 0.6 is 0 Å². The van der Waals surface area contributed by atoms with E-state index in [1.165, 1.54) is 12.5 Å². The largest absolute Gasteiger partial charge is 0.419 e. The van der Waals surface area contributed by atoms with Crippen molar-refractivity contribution >= 4 is 9.76 Å². The lowest BCUT2D eigenvalue weighted by atomic mass is 10.2. The summed E-state index contributed by atoms with van der Waals surface area (Å²) < 4.78 is 5.67. The molecule has 0 heterocycles. The third kappa shape index (κ3) is 10.1. The van der Waals surface area contributed by atoms with Gasteiger partial charge in [-0.05, 0) is 39.8 Å². The third-order valence-electron chi connectivity index (χ3n) is 1.38. The first kappa shape index (κ1) is 11.1. The van der Waals surface area contributed by atoms with Gasteiger partial charge in [-0.25, -0.2) is 0 Å². The summed E-state index contributed by atoms with van der Waals surface area (Å²) in [6.07, 6.45) is 2.40. The Morgan fingerprint density at radius 2 is 1.91 bits per heavy atom. The molecule has 0 fully saturated rings. The molecule has 0 bridgehead atoms. The maximum atomic E-state index is 5.67. The molecule has 0 aromatic carbocycles. The number of hydrogen-bond acceptors (Lipinski definition) is 2. The van der Waals surface area contributed by atoms with Crippen LogP contribution in [0.5, 0.6) is 0 Å². The van der Waals surface area contributed by atoms with Crippen LogP contribution < -0.4 is 5.73 Å². The molecule has 0 atom stereocenters. The van der Waals surface area contributed by atoms with E-state index < -0.39 is 0 Å². The highest BCUT2D eigenvalue weighted by Crippen LogP contribution is 2.06. The van der Waals surface area contributed by atoms with E-state index in [1.807, 2.05) is 0 Å². The number of rotatable bonds is 5. The second-order valence-electron chi connectivity index (χ2n) is 3.81. The van der Waals surface area contributed by atoms with E-state index in [-0.39, 0.29) is 15.4 Å². The molecule has 2 nitrogen and oxygen atoms in total. The van der Waals surface area contributed by atoms with E-state index in [2.05, 4.69) is 20.8 Å². The van der Waals surface area contributed by atoms with Crippen molar-refractivity contribution < 1.29 is 4.43 Å². The molecule has 0 saturated heterocycles. The minimum absolute atomic E-state index is 0.0783. The van der Waals surface area contributed by atoms with Crippen molar-refractivity contribution in [2.75, 3.05) is 6.54 Å². The van der Waals surface area contributed by atoms with Crippen molar-refractivity contribution in [1.82, 2.24) is 0 Å². The van der Waals surface area contributed by atoms with Crippen LogP contribution in [0.25, 0.3) is 0 Å². The lowest BCUT2D eigenvalue weighted by Gasteiger charge is -2.19. The molecule has 0 radical (unpaired) electrons. The summed E-state index contributed by atoms with van der Waals surface area (Å²) in [4.78, 5) is 0. The summed E-state index contributed by atoms with van der Waals surface area (Å²) in [5.74, 6) is 0. The molecule has 0 aromatic rings. The van der Waals surface area contributed by atoms with Crippen LogP contribution in [0.1, 0.15) is 33.6 Å². The molecule has 0 aliphatic heterocycles. The second kappa shape index (κ2) is 5.74. The Labute approximate surface area is 72.4 Å². The van der Waals surface area contributed by atoms with Crippen LogP contribution in [-0.4, -0.2) is 21.9 Å². The molecule has 68 valence electrons. The summed E-state index contributed by atoms with van der Waals surface area (Å²) in [6.45, 7) is 7.17. The van der Waals surface area contributed by atoms with Crippen LogP contribution in [0, 0.1) is 0 Å². The number of nitrogens with two attached hydrogens (primary N) is 1. The predicted molar refractivity (Wildman–Crippen MR) is 52.5 cm³/mol. The Hall–Kier alpha value is 0.137. The van der Waals surface area contributed by atoms with E-state index in [0.29, 0.717) is 0 Å². The van der Waals surface area contributed by atoms with Gasteiger partial charge in [0.2, 0.25) is 0 Å². The molecule has 3 heteroatoms. The number of hydrogen-bond donors (Lipinski definition) is 1. The highest BCUT2D eigenvalue weighted by molar-refractivity contribution is 6.27. The van der Waals surface area contributed by atoms with E-state index in [0.717, 1.165) is 13.0 Å². The summed E-state index contributed by atoms with van der Waals surface area (Å²) in [6, 6.07) is 1.27. The predicted octanol–water partition coefficient (Wildman–Crippen LogP) is 1.04. The van der Waals surface area contributed by atoms with Crippen molar-refractivity contribution in [2.45, 2.75) is 45.3 Å². The zero-order valence-corrected chi connectivity index (χ0v) is 9.44. The first-order chi connectivity index (χ1) is 5.06. The molecule has 0 aliphatic rings. The monoisotopic (exact) mass is 175 g/mol. The molecular weight excluding hydrogens is 154 g/mol. The molecule has 2 N–H and O–H groups in total. The molecular formula is C8H21NOSi. The topological polar surface area (TPSA) is 35.2 Å². The minimum atomic E-state index is -0.269. The molecule has 0 aliphatic carbocycles. The fraction of sp³-hybridized carbons (Fsp3) is 1.00. The molecule has 0 aromatic heterocycles. The average molecular weight is 175 g/mol. The molecule has 0 amide bonds. The van der Waals surface area contributed by atoms with Crippen molar-refractivity contribution in [1.29, 1.82) is 0 Å². The Balaban J connectivity index is 3.02. The maximum absolute atomic E-state index is 5.67. The fourth-order valence-corrected chi connectivity index (χ4v) is 2.12. The molecule has 0 saturated carbocycles. The van der Waals surface area contributed by atoms with Gasteiger partial charge in [-0.15, -0.1) is 0 Å². The van der Waals surface area contributed by atoms with Gasteiger partial charge in [0.05, 0.1) is 0 Å². The van der Waals surface area contributed by atoms with Gasteiger partial charge >= 0.3 is 0 Å². The zero-order valence-electron chi connectivity index (χ0n) is 8.02. The zero-order chi connectivity index (χ0) is 8.74. The SMILES string of the molecule is CC(C)(C)O[SiH2]CCCCN. The van der Waals surface area contributed by atoms with Crippen LogP contribution in [0.15, 0.2) is 0 Å². The van der Waals surface area contributed by atoms with Crippen LogP contribution in [0.4, 0.5) is 0 Å². The van der Waals surface area contributed by atoms with Gasteiger partial charge in [0.25, 0.3) is 0 Å². The van der Waals surface area contributed by atoms with E-state index in [4.69, 9.17) is 10.2 Å². The number of unbranched alkanes of at least 4 members (excludes halogenated alkanes) is 1. The average Bonchev–Trinajstić information content (AvgIpc) is 1.85. The fourth-order valence-electron chi connectivity index (χ4n) is 0.802. The van der Waals surface area contributed by atoms with Gasteiger partial charge < -0.3 is 10.2 Å². The van der Waals surface area contributed by atoms with Crippen LogP contribution in [0.2, 0.25) is 6.04 Å². The smallest absolute Gasteiger partial charge is 0.162 e. The van der Waals surface area contributed by atoms with Gasteiger partial charge in [-0.1, -0.05) is 6.42 Å². The van der Waals surface area contributed by atoms with Crippen LogP contribution in [0.3, 0.4) is 0 Å². The van der Waals surface area contributed by atoms with E-state index >= 15 is 0 Å². The Morgan fingerprint density at radius 1 is 1.27 bits per heavy atom. The van der Waals surface area contributed by atoms with Crippen molar-refractivity contribution in [3.63, 3.8) is 0 Å². The van der Waals surface area contributed by atoms with Crippen molar-refractivity contribution in [2.24, 2.45) is 5.73 Å². The summed E-state index contributed by atoms with van der Waals surface area (Å²) in [5, 5.41) is 0. The lowest BCUT2D eigenvalue weighted by molar-refractivity contribution is 0.138. The van der Waals surface area contributed by atoms with E-state index in [1.54, 1.807) is 0 Å². The summed E-state index contributed by atoms with van der Waals surface area (Å²) in [7, 11) is -0.269. The van der Waals surface area contributed by atoms with Gasteiger partial charge in [0.15, 0.2) is 9.76 Å². The highest BCUT2D eigenvalue weighted by atomic mass is 28.2. The van der Waals surface area contributed by atoms with Gasteiger partial charge in [-0.2, -0.15) is 0 Å². The maximum Gasteiger partial charge on any atom is 0.162 e. The Bertz CT molecular complexity index is 90.6. The van der Waals surface area contributed by atoms with Gasteiger partial charge in [0, 0.05) is 5.60 Å². The van der Waals surface area contributed by atoms with Crippen molar-refractivity contribution in [3.8, 4) is 0 Å². The normalized spacial score (nSPS) is 13.1. The highest BCUT2D eigenvalue weighted by Gasteiger charge is 2.08. The van der Waals surface area contributed by atoms with E-state index in [9.17, 15) is 0 Å². The quantitative estimate of drug-likeness (QED) is 0.500. The third-order valence-corrected chi connectivity index (χ3v) is 3.24. The standard InChI is InChI=1S/C8H21NOSi/c1-8(2,3)10-11-7-5-4-6-9/h4-7,9,11H2,1-3H3.